The first-order valence-corrected chi connectivity index (χ1v) is 13.1. The highest BCUT2D eigenvalue weighted by atomic mass is 16.2. The molecule has 5 nitrogen and oxygen atoms in total. The lowest BCUT2D eigenvalue weighted by Crippen LogP contribution is -2.50. The number of nitrogens with one attached hydrogen (secondary N) is 1. The molecule has 3 rings (SSSR count). The van der Waals surface area contributed by atoms with Crippen LogP contribution in [0, 0.1) is 5.92 Å². The molecule has 0 bridgehead atoms. The van der Waals surface area contributed by atoms with Crippen molar-refractivity contribution in [2.75, 3.05) is 36.4 Å². The maximum Gasteiger partial charge on any atom is 0.225 e. The number of nitrogens with zero attached hydrogens (tertiary/aromatic N) is 2. The van der Waals surface area contributed by atoms with Crippen LogP contribution in [0.15, 0.2) is 24.3 Å². The summed E-state index contributed by atoms with van der Waals surface area (Å²) in [6.07, 6.45) is 15.0. The summed E-state index contributed by atoms with van der Waals surface area (Å²) in [5.41, 5.74) is 2.03. The highest BCUT2D eigenvalue weighted by Crippen LogP contribution is 2.26. The standard InChI is InChI=1S/C27H43N3O2/c1-2-3-4-5-6-7-11-14-26(31)28-24-15-17-25(18-16-24)29-19-21-30(22-20-29)27(32)23-12-9-8-10-13-23/h15-18,23H,2-14,19-22H2,1H3,(H,28,31). The van der Waals surface area contributed by atoms with Gasteiger partial charge in [0.2, 0.25) is 11.8 Å². The molecule has 2 amide bonds. The lowest BCUT2D eigenvalue weighted by Gasteiger charge is -2.38. The van der Waals surface area contributed by atoms with E-state index < -0.39 is 0 Å². The van der Waals surface area contributed by atoms with Gasteiger partial charge < -0.3 is 15.1 Å². The molecule has 1 saturated carbocycles. The number of carbonyl (C=O) groups is 2. The van der Waals surface area contributed by atoms with E-state index in [4.69, 9.17) is 0 Å². The third kappa shape index (κ3) is 7.83. The normalized spacial score (nSPS) is 17.4. The minimum atomic E-state index is 0.112. The van der Waals surface area contributed by atoms with Crippen LogP contribution in [0.2, 0.25) is 0 Å². The van der Waals surface area contributed by atoms with Gasteiger partial charge in [-0.15, -0.1) is 0 Å². The molecule has 1 heterocycles. The van der Waals surface area contributed by atoms with Crippen LogP contribution in [0.25, 0.3) is 0 Å². The third-order valence-electron chi connectivity index (χ3n) is 7.07. The molecule has 32 heavy (non-hydrogen) atoms. The number of benzene rings is 1. The first-order valence-electron chi connectivity index (χ1n) is 13.1. The van der Waals surface area contributed by atoms with Gasteiger partial charge in [-0.05, 0) is 43.5 Å². The molecule has 0 atom stereocenters. The van der Waals surface area contributed by atoms with E-state index in [9.17, 15) is 9.59 Å². The first-order chi connectivity index (χ1) is 15.7. The Kier molecular flexibility index (Phi) is 10.4. The zero-order chi connectivity index (χ0) is 22.6. The van der Waals surface area contributed by atoms with E-state index >= 15 is 0 Å². The van der Waals surface area contributed by atoms with Crippen LogP contribution in [0.3, 0.4) is 0 Å². The zero-order valence-corrected chi connectivity index (χ0v) is 20.1. The van der Waals surface area contributed by atoms with Gasteiger partial charge in [0.15, 0.2) is 0 Å². The van der Waals surface area contributed by atoms with Crippen molar-refractivity contribution in [2.45, 2.75) is 90.4 Å². The van der Waals surface area contributed by atoms with E-state index in [1.807, 2.05) is 12.1 Å². The Morgan fingerprint density at radius 3 is 2.12 bits per heavy atom. The second-order valence-electron chi connectivity index (χ2n) is 9.61. The molecule has 1 saturated heterocycles. The van der Waals surface area contributed by atoms with Gasteiger partial charge in [-0.3, -0.25) is 9.59 Å². The van der Waals surface area contributed by atoms with Crippen LogP contribution in [0.5, 0.6) is 0 Å². The Morgan fingerprint density at radius 1 is 0.844 bits per heavy atom. The van der Waals surface area contributed by atoms with Crippen LogP contribution in [0.1, 0.15) is 90.4 Å². The van der Waals surface area contributed by atoms with Crippen molar-refractivity contribution >= 4 is 23.2 Å². The maximum atomic E-state index is 12.8. The molecule has 0 unspecified atom stereocenters. The van der Waals surface area contributed by atoms with Crippen molar-refractivity contribution < 1.29 is 9.59 Å². The van der Waals surface area contributed by atoms with Crippen molar-refractivity contribution in [3.05, 3.63) is 24.3 Å². The number of hydrogen-bond acceptors (Lipinski definition) is 3. The van der Waals surface area contributed by atoms with Crippen molar-refractivity contribution in [2.24, 2.45) is 5.92 Å². The van der Waals surface area contributed by atoms with Gasteiger partial charge in [0.1, 0.15) is 0 Å². The number of anilines is 2. The molecule has 0 spiro atoms. The summed E-state index contributed by atoms with van der Waals surface area (Å²) in [7, 11) is 0. The van der Waals surface area contributed by atoms with Gasteiger partial charge in [-0.25, -0.2) is 0 Å². The predicted octanol–water partition coefficient (Wildman–Crippen LogP) is 5.99. The predicted molar refractivity (Wildman–Crippen MR) is 133 cm³/mol. The van der Waals surface area contributed by atoms with E-state index in [2.05, 4.69) is 34.2 Å². The van der Waals surface area contributed by atoms with Gasteiger partial charge in [0.25, 0.3) is 0 Å². The molecule has 5 heteroatoms. The summed E-state index contributed by atoms with van der Waals surface area (Å²) < 4.78 is 0. The Hall–Kier alpha value is -2.04. The smallest absolute Gasteiger partial charge is 0.225 e. The molecular formula is C27H43N3O2. The van der Waals surface area contributed by atoms with Crippen LogP contribution in [0.4, 0.5) is 11.4 Å². The van der Waals surface area contributed by atoms with E-state index in [-0.39, 0.29) is 11.8 Å². The molecule has 0 aromatic heterocycles. The van der Waals surface area contributed by atoms with Crippen molar-refractivity contribution in [1.82, 2.24) is 4.90 Å². The van der Waals surface area contributed by atoms with Gasteiger partial charge >= 0.3 is 0 Å². The van der Waals surface area contributed by atoms with Gasteiger partial charge in [0, 0.05) is 49.9 Å². The number of carbonyl (C=O) groups excluding carboxylic acids is 2. The van der Waals surface area contributed by atoms with Crippen LogP contribution >= 0.6 is 0 Å². The van der Waals surface area contributed by atoms with Crippen molar-refractivity contribution in [1.29, 1.82) is 0 Å². The van der Waals surface area contributed by atoms with E-state index in [0.717, 1.165) is 57.5 Å². The Balaban J connectivity index is 1.34. The van der Waals surface area contributed by atoms with Crippen LogP contribution in [-0.4, -0.2) is 42.9 Å². The lowest BCUT2D eigenvalue weighted by molar-refractivity contribution is -0.136. The first kappa shape index (κ1) is 24.6. The monoisotopic (exact) mass is 441 g/mol. The number of amides is 2. The SMILES string of the molecule is CCCCCCCCCC(=O)Nc1ccc(N2CCN(C(=O)C3CCCCC3)CC2)cc1. The molecule has 1 aliphatic carbocycles. The minimum Gasteiger partial charge on any atom is -0.368 e. The van der Waals surface area contributed by atoms with Crippen LogP contribution < -0.4 is 10.2 Å². The fraction of sp³-hybridized carbons (Fsp3) is 0.704. The fourth-order valence-electron chi connectivity index (χ4n) is 5.01. The molecule has 1 aromatic rings. The maximum absolute atomic E-state index is 12.8. The molecule has 178 valence electrons. The van der Waals surface area contributed by atoms with E-state index in [0.29, 0.717) is 12.3 Å². The van der Waals surface area contributed by atoms with Crippen molar-refractivity contribution in [3.8, 4) is 0 Å². The average molecular weight is 442 g/mol. The Bertz CT molecular complexity index is 689. The number of hydrogen-bond donors (Lipinski definition) is 1. The number of unbranched alkanes of at least 4 members (excludes halogenated alkanes) is 6. The van der Waals surface area contributed by atoms with Gasteiger partial charge in [-0.1, -0.05) is 64.7 Å². The fourth-order valence-corrected chi connectivity index (χ4v) is 5.01. The highest BCUT2D eigenvalue weighted by Gasteiger charge is 2.28. The second-order valence-corrected chi connectivity index (χ2v) is 9.61. The minimum absolute atomic E-state index is 0.112. The van der Waals surface area contributed by atoms with Crippen LogP contribution in [-0.2, 0) is 9.59 Å². The third-order valence-corrected chi connectivity index (χ3v) is 7.07. The number of rotatable bonds is 11. The number of piperazine rings is 1. The summed E-state index contributed by atoms with van der Waals surface area (Å²) in [4.78, 5) is 29.4. The molecular weight excluding hydrogens is 398 g/mol. The summed E-state index contributed by atoms with van der Waals surface area (Å²) >= 11 is 0. The molecule has 2 fully saturated rings. The topological polar surface area (TPSA) is 52.7 Å². The molecule has 1 aliphatic heterocycles. The van der Waals surface area contributed by atoms with Gasteiger partial charge in [-0.2, -0.15) is 0 Å². The Labute approximate surface area is 194 Å². The molecule has 0 radical (unpaired) electrons. The van der Waals surface area contributed by atoms with E-state index in [1.165, 1.54) is 57.1 Å². The summed E-state index contributed by atoms with van der Waals surface area (Å²) in [6.45, 7) is 5.61. The highest BCUT2D eigenvalue weighted by molar-refractivity contribution is 5.90. The Morgan fingerprint density at radius 2 is 1.47 bits per heavy atom. The second kappa shape index (κ2) is 13.5. The largest absolute Gasteiger partial charge is 0.368 e. The molecule has 1 N–H and O–H groups in total. The molecule has 1 aromatic carbocycles. The summed E-state index contributed by atoms with van der Waals surface area (Å²) in [5.74, 6) is 0.753. The van der Waals surface area contributed by atoms with Gasteiger partial charge in [0.05, 0.1) is 0 Å². The summed E-state index contributed by atoms with van der Waals surface area (Å²) in [5, 5.41) is 3.03. The van der Waals surface area contributed by atoms with Crippen molar-refractivity contribution in [3.63, 3.8) is 0 Å². The van der Waals surface area contributed by atoms with E-state index in [1.54, 1.807) is 0 Å². The average Bonchev–Trinajstić information content (AvgIpc) is 2.84. The summed E-state index contributed by atoms with van der Waals surface area (Å²) in [6, 6.07) is 8.17. The zero-order valence-electron chi connectivity index (χ0n) is 20.1. The quantitative estimate of drug-likeness (QED) is 0.429. The molecule has 2 aliphatic rings. The lowest BCUT2D eigenvalue weighted by atomic mass is 9.88.